The second-order valence-electron chi connectivity index (χ2n) is 5.20. The van der Waals surface area contributed by atoms with E-state index in [1.165, 1.54) is 0 Å². The van der Waals surface area contributed by atoms with Crippen LogP contribution in [0.2, 0.25) is 0 Å². The standard InChI is InChI=1S/C16H14N4O/c17-13-9-14(20-16(19-13)11-6-7-11)21-12-5-1-3-10-4-2-8-18-15(10)12/h1-5,8-9,11H,6-7H2,(H2,17,19,20). The number of hydrogen-bond acceptors (Lipinski definition) is 5. The van der Waals surface area contributed by atoms with Crippen LogP contribution in [0.3, 0.4) is 0 Å². The maximum atomic E-state index is 5.90. The van der Waals surface area contributed by atoms with Gasteiger partial charge in [-0.05, 0) is 25.0 Å². The number of nitrogen functional groups attached to an aromatic ring is 1. The van der Waals surface area contributed by atoms with E-state index in [4.69, 9.17) is 10.5 Å². The SMILES string of the molecule is Nc1cc(Oc2cccc3cccnc23)nc(C2CC2)n1. The largest absolute Gasteiger partial charge is 0.437 e. The number of hydrogen-bond donors (Lipinski definition) is 1. The van der Waals surface area contributed by atoms with E-state index in [1.807, 2.05) is 30.3 Å². The molecule has 0 saturated heterocycles. The van der Waals surface area contributed by atoms with Crippen molar-refractivity contribution in [1.29, 1.82) is 0 Å². The van der Waals surface area contributed by atoms with Gasteiger partial charge < -0.3 is 10.5 Å². The molecule has 104 valence electrons. The molecule has 1 aliphatic rings. The predicted octanol–water partition coefficient (Wildman–Crippen LogP) is 3.28. The molecule has 1 aliphatic carbocycles. The van der Waals surface area contributed by atoms with Crippen molar-refractivity contribution < 1.29 is 4.74 Å². The summed E-state index contributed by atoms with van der Waals surface area (Å²) in [5, 5.41) is 1.03. The minimum Gasteiger partial charge on any atom is -0.437 e. The zero-order chi connectivity index (χ0) is 14.2. The highest BCUT2D eigenvalue weighted by molar-refractivity contribution is 5.84. The van der Waals surface area contributed by atoms with Gasteiger partial charge >= 0.3 is 0 Å². The van der Waals surface area contributed by atoms with E-state index in [1.54, 1.807) is 12.3 Å². The fraction of sp³-hybridized carbons (Fsp3) is 0.188. The third kappa shape index (κ3) is 2.38. The van der Waals surface area contributed by atoms with Gasteiger partial charge in [0.15, 0.2) is 5.75 Å². The lowest BCUT2D eigenvalue weighted by Gasteiger charge is -2.09. The van der Waals surface area contributed by atoms with Gasteiger partial charge in [-0.3, -0.25) is 4.98 Å². The van der Waals surface area contributed by atoms with E-state index in [9.17, 15) is 0 Å². The molecule has 21 heavy (non-hydrogen) atoms. The number of ether oxygens (including phenoxy) is 1. The predicted molar refractivity (Wildman–Crippen MR) is 80.2 cm³/mol. The first-order valence-electron chi connectivity index (χ1n) is 6.96. The minimum absolute atomic E-state index is 0.432. The van der Waals surface area contributed by atoms with Gasteiger partial charge in [-0.15, -0.1) is 0 Å². The van der Waals surface area contributed by atoms with Crippen molar-refractivity contribution >= 4 is 16.7 Å². The highest BCUT2D eigenvalue weighted by atomic mass is 16.5. The van der Waals surface area contributed by atoms with Gasteiger partial charge in [0.2, 0.25) is 5.88 Å². The summed E-state index contributed by atoms with van der Waals surface area (Å²) in [5.41, 5.74) is 6.65. The number of para-hydroxylation sites is 1. The Hall–Kier alpha value is -2.69. The van der Waals surface area contributed by atoms with Crippen LogP contribution in [0.25, 0.3) is 10.9 Å². The Labute approximate surface area is 121 Å². The van der Waals surface area contributed by atoms with Crippen LogP contribution in [-0.4, -0.2) is 15.0 Å². The maximum Gasteiger partial charge on any atom is 0.224 e. The maximum absolute atomic E-state index is 5.90. The molecule has 2 aromatic heterocycles. The molecule has 5 heteroatoms. The monoisotopic (exact) mass is 278 g/mol. The van der Waals surface area contributed by atoms with Crippen molar-refractivity contribution in [2.75, 3.05) is 5.73 Å². The fourth-order valence-corrected chi connectivity index (χ4v) is 2.31. The zero-order valence-electron chi connectivity index (χ0n) is 11.4. The van der Waals surface area contributed by atoms with Crippen molar-refractivity contribution in [3.8, 4) is 11.6 Å². The summed E-state index contributed by atoms with van der Waals surface area (Å²) in [6, 6.07) is 11.4. The molecule has 0 unspecified atom stereocenters. The fourth-order valence-electron chi connectivity index (χ4n) is 2.31. The molecule has 1 saturated carbocycles. The number of aromatic nitrogens is 3. The van der Waals surface area contributed by atoms with E-state index >= 15 is 0 Å². The van der Waals surface area contributed by atoms with Gasteiger partial charge in [0.25, 0.3) is 0 Å². The van der Waals surface area contributed by atoms with E-state index in [2.05, 4.69) is 15.0 Å². The quantitative estimate of drug-likeness (QED) is 0.795. The van der Waals surface area contributed by atoms with Gasteiger partial charge in [0.05, 0.1) is 0 Å². The normalized spacial score (nSPS) is 14.3. The Bertz CT molecular complexity index is 809. The van der Waals surface area contributed by atoms with Gasteiger partial charge in [-0.25, -0.2) is 4.98 Å². The zero-order valence-corrected chi connectivity index (χ0v) is 11.4. The summed E-state index contributed by atoms with van der Waals surface area (Å²) in [4.78, 5) is 13.1. The van der Waals surface area contributed by atoms with Crippen LogP contribution < -0.4 is 10.5 Å². The topological polar surface area (TPSA) is 73.9 Å². The lowest BCUT2D eigenvalue weighted by Crippen LogP contribution is -2.00. The number of fused-ring (bicyclic) bond motifs is 1. The molecule has 0 amide bonds. The Morgan fingerprint density at radius 2 is 1.95 bits per heavy atom. The highest BCUT2D eigenvalue weighted by Crippen LogP contribution is 2.39. The Kier molecular flexibility index (Phi) is 2.70. The summed E-state index contributed by atoms with van der Waals surface area (Å²) in [6.45, 7) is 0. The number of rotatable bonds is 3. The Balaban J connectivity index is 1.74. The first-order chi connectivity index (χ1) is 10.3. The first kappa shape index (κ1) is 12.1. The van der Waals surface area contributed by atoms with Crippen LogP contribution in [0.5, 0.6) is 11.6 Å². The molecule has 5 nitrogen and oxygen atoms in total. The van der Waals surface area contributed by atoms with E-state index in [0.717, 1.165) is 29.6 Å². The molecule has 1 fully saturated rings. The second kappa shape index (κ2) is 4.70. The molecular formula is C16H14N4O. The molecule has 0 aliphatic heterocycles. The van der Waals surface area contributed by atoms with Crippen LogP contribution in [-0.2, 0) is 0 Å². The van der Waals surface area contributed by atoms with Gasteiger partial charge in [0.1, 0.15) is 17.2 Å². The molecule has 1 aromatic carbocycles. The van der Waals surface area contributed by atoms with Crippen LogP contribution >= 0.6 is 0 Å². The lowest BCUT2D eigenvalue weighted by atomic mass is 10.2. The summed E-state index contributed by atoms with van der Waals surface area (Å²) in [7, 11) is 0. The van der Waals surface area contributed by atoms with Gasteiger partial charge in [-0.2, -0.15) is 4.98 Å². The van der Waals surface area contributed by atoms with Crippen molar-refractivity contribution in [1.82, 2.24) is 15.0 Å². The molecule has 0 atom stereocenters. The second-order valence-corrected chi connectivity index (χ2v) is 5.20. The summed E-state index contributed by atoms with van der Waals surface area (Å²) in [6.07, 6.45) is 4.00. The molecule has 0 radical (unpaired) electrons. The Morgan fingerprint density at radius 3 is 2.81 bits per heavy atom. The van der Waals surface area contributed by atoms with E-state index in [-0.39, 0.29) is 0 Å². The molecule has 2 N–H and O–H groups in total. The van der Waals surface area contributed by atoms with Crippen molar-refractivity contribution in [3.05, 3.63) is 48.4 Å². The molecule has 4 rings (SSSR count). The highest BCUT2D eigenvalue weighted by Gasteiger charge is 2.27. The van der Waals surface area contributed by atoms with Crippen LogP contribution in [0.15, 0.2) is 42.6 Å². The average molecular weight is 278 g/mol. The average Bonchev–Trinajstić information content (AvgIpc) is 3.32. The van der Waals surface area contributed by atoms with Crippen LogP contribution in [0, 0.1) is 0 Å². The van der Waals surface area contributed by atoms with Crippen molar-refractivity contribution in [3.63, 3.8) is 0 Å². The van der Waals surface area contributed by atoms with Crippen LogP contribution in [0.4, 0.5) is 5.82 Å². The lowest BCUT2D eigenvalue weighted by molar-refractivity contribution is 0.463. The first-order valence-corrected chi connectivity index (χ1v) is 6.96. The number of pyridine rings is 1. The van der Waals surface area contributed by atoms with E-state index in [0.29, 0.717) is 23.4 Å². The number of benzene rings is 1. The van der Waals surface area contributed by atoms with Gasteiger partial charge in [0, 0.05) is 23.6 Å². The summed E-state index contributed by atoms with van der Waals surface area (Å²) < 4.78 is 5.90. The molecular weight excluding hydrogens is 264 g/mol. The number of nitrogens with two attached hydrogens (primary N) is 1. The smallest absolute Gasteiger partial charge is 0.224 e. The van der Waals surface area contributed by atoms with Crippen LogP contribution in [0.1, 0.15) is 24.6 Å². The molecule has 0 spiro atoms. The third-order valence-electron chi connectivity index (χ3n) is 3.49. The van der Waals surface area contributed by atoms with E-state index < -0.39 is 0 Å². The molecule has 3 aromatic rings. The number of anilines is 1. The Morgan fingerprint density at radius 1 is 1.10 bits per heavy atom. The van der Waals surface area contributed by atoms with Gasteiger partial charge in [-0.1, -0.05) is 18.2 Å². The summed E-state index contributed by atoms with van der Waals surface area (Å²) in [5.74, 6) is 2.80. The minimum atomic E-state index is 0.432. The van der Waals surface area contributed by atoms with Crippen molar-refractivity contribution in [2.24, 2.45) is 0 Å². The number of nitrogens with zero attached hydrogens (tertiary/aromatic N) is 3. The molecule has 0 bridgehead atoms. The third-order valence-corrected chi connectivity index (χ3v) is 3.49. The van der Waals surface area contributed by atoms with Crippen molar-refractivity contribution in [2.45, 2.75) is 18.8 Å². The molecule has 2 heterocycles. The summed E-state index contributed by atoms with van der Waals surface area (Å²) >= 11 is 0.